The summed E-state index contributed by atoms with van der Waals surface area (Å²) in [5.74, 6) is -0.505. The fourth-order valence-electron chi connectivity index (χ4n) is 4.39. The average Bonchev–Trinajstić information content (AvgIpc) is 2.98. The number of carbonyl (C=O) groups excluding carboxylic acids is 1. The van der Waals surface area contributed by atoms with E-state index in [-0.39, 0.29) is 25.0 Å². The Morgan fingerprint density at radius 2 is 1.82 bits per heavy atom. The van der Waals surface area contributed by atoms with E-state index in [0.29, 0.717) is 12.8 Å². The van der Waals surface area contributed by atoms with E-state index in [4.69, 9.17) is 0 Å². The van der Waals surface area contributed by atoms with Crippen molar-refractivity contribution in [3.63, 3.8) is 0 Å². The van der Waals surface area contributed by atoms with E-state index < -0.39 is 11.6 Å². The van der Waals surface area contributed by atoms with Gasteiger partial charge in [-0.1, -0.05) is 57.2 Å². The first kappa shape index (κ1) is 22.9. The van der Waals surface area contributed by atoms with E-state index in [2.05, 4.69) is 30.4 Å². The molecule has 1 aliphatic carbocycles. The Bertz CT molecular complexity index is 627. The minimum Gasteiger partial charge on any atom is -0.394 e. The van der Waals surface area contributed by atoms with Gasteiger partial charge in [-0.05, 0) is 42.4 Å². The number of rotatable bonds is 12. The highest BCUT2D eigenvalue weighted by molar-refractivity contribution is 5.73. The van der Waals surface area contributed by atoms with Crippen LogP contribution in [-0.2, 0) is 17.6 Å². The number of aliphatic hydroxyl groups is 3. The SMILES string of the molecule is CCCCCCCCc1ccc2c(c1)CC(O)C2CC(CO)(CO)NC(C)=O. The van der Waals surface area contributed by atoms with Crippen LogP contribution in [0.2, 0.25) is 0 Å². The molecule has 1 amide bonds. The van der Waals surface area contributed by atoms with Crippen molar-refractivity contribution in [3.8, 4) is 0 Å². The summed E-state index contributed by atoms with van der Waals surface area (Å²) in [6.45, 7) is 2.87. The molecule has 2 unspecified atom stereocenters. The Morgan fingerprint density at radius 1 is 1.14 bits per heavy atom. The molecule has 0 heterocycles. The van der Waals surface area contributed by atoms with Crippen molar-refractivity contribution < 1.29 is 20.1 Å². The van der Waals surface area contributed by atoms with E-state index in [1.54, 1.807) is 0 Å². The molecule has 0 aliphatic heterocycles. The van der Waals surface area contributed by atoms with Gasteiger partial charge in [-0.25, -0.2) is 0 Å². The standard InChI is InChI=1S/C23H37NO4/c1-3-4-5-6-7-8-9-18-10-11-20-19(12-18)13-22(28)21(20)14-23(15-25,16-26)24-17(2)27/h10-12,21-22,25-26,28H,3-9,13-16H2,1-2H3,(H,24,27). The highest BCUT2D eigenvalue weighted by atomic mass is 16.3. The van der Waals surface area contributed by atoms with Gasteiger partial charge >= 0.3 is 0 Å². The van der Waals surface area contributed by atoms with Crippen LogP contribution in [0.4, 0.5) is 0 Å². The van der Waals surface area contributed by atoms with Gasteiger partial charge in [0.05, 0.1) is 24.9 Å². The maximum Gasteiger partial charge on any atom is 0.217 e. The number of fused-ring (bicyclic) bond motifs is 1. The number of aryl methyl sites for hydroxylation is 1. The lowest BCUT2D eigenvalue weighted by Gasteiger charge is -2.34. The maximum absolute atomic E-state index is 11.5. The van der Waals surface area contributed by atoms with Gasteiger partial charge in [0.25, 0.3) is 0 Å². The first-order valence-electron chi connectivity index (χ1n) is 10.7. The topological polar surface area (TPSA) is 89.8 Å². The third kappa shape index (κ3) is 6.03. The lowest BCUT2D eigenvalue weighted by Crippen LogP contribution is -2.55. The normalized spacial score (nSPS) is 18.9. The molecule has 5 heteroatoms. The predicted octanol–water partition coefficient (Wildman–Crippen LogP) is 2.84. The molecule has 0 fully saturated rings. The van der Waals surface area contributed by atoms with E-state index in [0.717, 1.165) is 17.5 Å². The Balaban J connectivity index is 2.01. The third-order valence-electron chi connectivity index (χ3n) is 5.98. The van der Waals surface area contributed by atoms with Crippen molar-refractivity contribution in [2.24, 2.45) is 0 Å². The van der Waals surface area contributed by atoms with Gasteiger partial charge in [0.1, 0.15) is 0 Å². The van der Waals surface area contributed by atoms with Crippen LogP contribution in [0.1, 0.15) is 81.4 Å². The molecule has 1 aliphatic rings. The number of hydrogen-bond donors (Lipinski definition) is 4. The highest BCUT2D eigenvalue weighted by Crippen LogP contribution is 2.39. The van der Waals surface area contributed by atoms with Gasteiger partial charge in [-0.3, -0.25) is 4.79 Å². The summed E-state index contributed by atoms with van der Waals surface area (Å²) in [5.41, 5.74) is 2.40. The molecule has 5 nitrogen and oxygen atoms in total. The monoisotopic (exact) mass is 391 g/mol. The maximum atomic E-state index is 11.5. The van der Waals surface area contributed by atoms with Crippen LogP contribution in [0, 0.1) is 0 Å². The molecule has 4 N–H and O–H groups in total. The van der Waals surface area contributed by atoms with Crippen LogP contribution in [0.15, 0.2) is 18.2 Å². The number of amides is 1. The van der Waals surface area contributed by atoms with Crippen molar-refractivity contribution in [1.82, 2.24) is 5.32 Å². The smallest absolute Gasteiger partial charge is 0.217 e. The Kier molecular flexibility index (Phi) is 8.93. The first-order valence-corrected chi connectivity index (χ1v) is 10.7. The fourth-order valence-corrected chi connectivity index (χ4v) is 4.39. The third-order valence-corrected chi connectivity index (χ3v) is 5.98. The van der Waals surface area contributed by atoms with Gasteiger partial charge in [0.2, 0.25) is 5.91 Å². The number of aliphatic hydroxyl groups excluding tert-OH is 3. The molecule has 0 saturated heterocycles. The lowest BCUT2D eigenvalue weighted by atomic mass is 9.84. The Hall–Kier alpha value is -1.43. The van der Waals surface area contributed by atoms with Gasteiger partial charge in [-0.15, -0.1) is 0 Å². The molecule has 2 atom stereocenters. The second-order valence-electron chi connectivity index (χ2n) is 8.41. The summed E-state index contributed by atoms with van der Waals surface area (Å²) in [6, 6.07) is 6.41. The molecule has 2 rings (SSSR count). The quantitative estimate of drug-likeness (QED) is 0.413. The molecule has 0 aromatic heterocycles. The average molecular weight is 392 g/mol. The van der Waals surface area contributed by atoms with Crippen LogP contribution < -0.4 is 5.32 Å². The summed E-state index contributed by atoms with van der Waals surface area (Å²) in [4.78, 5) is 11.5. The van der Waals surface area contributed by atoms with Gasteiger partial charge in [-0.2, -0.15) is 0 Å². The van der Waals surface area contributed by atoms with Crippen molar-refractivity contribution >= 4 is 5.91 Å². The number of hydrogen-bond acceptors (Lipinski definition) is 4. The Labute approximate surface area is 169 Å². The molecular formula is C23H37NO4. The molecule has 158 valence electrons. The van der Waals surface area contributed by atoms with Crippen LogP contribution in [0.25, 0.3) is 0 Å². The van der Waals surface area contributed by atoms with E-state index in [1.807, 2.05) is 0 Å². The van der Waals surface area contributed by atoms with Crippen molar-refractivity contribution in [3.05, 3.63) is 34.9 Å². The van der Waals surface area contributed by atoms with Crippen LogP contribution in [0.5, 0.6) is 0 Å². The molecule has 1 aromatic carbocycles. The molecule has 0 saturated carbocycles. The zero-order valence-corrected chi connectivity index (χ0v) is 17.4. The zero-order chi connectivity index (χ0) is 20.6. The molecule has 28 heavy (non-hydrogen) atoms. The zero-order valence-electron chi connectivity index (χ0n) is 17.4. The van der Waals surface area contributed by atoms with E-state index in [9.17, 15) is 20.1 Å². The summed E-state index contributed by atoms with van der Waals surface area (Å²) in [7, 11) is 0. The molecule has 0 bridgehead atoms. The Morgan fingerprint density at radius 3 is 2.46 bits per heavy atom. The number of nitrogens with one attached hydrogen (secondary N) is 1. The van der Waals surface area contributed by atoms with Crippen LogP contribution in [0.3, 0.4) is 0 Å². The molecule has 0 spiro atoms. The first-order chi connectivity index (χ1) is 13.4. The van der Waals surface area contributed by atoms with E-state index in [1.165, 1.54) is 51.0 Å². The van der Waals surface area contributed by atoms with Crippen molar-refractivity contribution in [2.45, 2.75) is 89.2 Å². The fraction of sp³-hybridized carbons (Fsp3) is 0.696. The molecular weight excluding hydrogens is 354 g/mol. The second kappa shape index (κ2) is 10.9. The van der Waals surface area contributed by atoms with Crippen LogP contribution in [-0.4, -0.2) is 46.1 Å². The molecule has 0 radical (unpaired) electrons. The summed E-state index contributed by atoms with van der Waals surface area (Å²) in [5, 5.41) is 32.9. The molecule has 1 aromatic rings. The van der Waals surface area contributed by atoms with Gasteiger partial charge in [0.15, 0.2) is 0 Å². The van der Waals surface area contributed by atoms with Crippen molar-refractivity contribution in [1.29, 1.82) is 0 Å². The number of unbranched alkanes of at least 4 members (excludes halogenated alkanes) is 5. The minimum absolute atomic E-state index is 0.204. The number of benzene rings is 1. The summed E-state index contributed by atoms with van der Waals surface area (Å²) < 4.78 is 0. The van der Waals surface area contributed by atoms with Gasteiger partial charge < -0.3 is 20.6 Å². The summed E-state index contributed by atoms with van der Waals surface area (Å²) >= 11 is 0. The van der Waals surface area contributed by atoms with Gasteiger partial charge in [0, 0.05) is 12.8 Å². The minimum atomic E-state index is -1.11. The lowest BCUT2D eigenvalue weighted by molar-refractivity contribution is -0.122. The number of carbonyl (C=O) groups is 1. The highest BCUT2D eigenvalue weighted by Gasteiger charge is 2.39. The second-order valence-corrected chi connectivity index (χ2v) is 8.41. The van der Waals surface area contributed by atoms with E-state index >= 15 is 0 Å². The van der Waals surface area contributed by atoms with Crippen molar-refractivity contribution in [2.75, 3.05) is 13.2 Å². The summed E-state index contributed by atoms with van der Waals surface area (Å²) in [6.07, 6.45) is 9.04. The predicted molar refractivity (Wildman–Crippen MR) is 111 cm³/mol. The largest absolute Gasteiger partial charge is 0.394 e. The van der Waals surface area contributed by atoms with Crippen LogP contribution >= 0.6 is 0 Å².